The van der Waals surface area contributed by atoms with Crippen LogP contribution in [0.1, 0.15) is 14.2 Å². The van der Waals surface area contributed by atoms with Gasteiger partial charge in [0.1, 0.15) is 22.5 Å². The molecule has 124 valence electrons. The topological polar surface area (TPSA) is 66.2 Å². The second-order valence-electron chi connectivity index (χ2n) is 5.60. The summed E-state index contributed by atoms with van der Waals surface area (Å²) in [6.07, 6.45) is 0. The molecule has 2 N–H and O–H groups in total. The maximum atomic E-state index is 9.43. The minimum atomic E-state index is 0. The summed E-state index contributed by atoms with van der Waals surface area (Å²) in [4.78, 5) is 8.45. The number of hydrogen-bond acceptors (Lipinski definition) is 4. The number of phenolic OH excluding ortho intramolecular Hbond substituents is 2. The molecule has 2 aromatic heterocycles. The zero-order chi connectivity index (χ0) is 17.1. The molecule has 25 heavy (non-hydrogen) atoms. The van der Waals surface area contributed by atoms with Crippen molar-refractivity contribution in [2.24, 2.45) is 0 Å². The van der Waals surface area contributed by atoms with Gasteiger partial charge >= 0.3 is 23.1 Å². The van der Waals surface area contributed by atoms with Crippen molar-refractivity contribution >= 4 is 44.9 Å². The number of phenols is 2. The van der Waals surface area contributed by atoms with Crippen LogP contribution >= 0.6 is 0 Å². The van der Waals surface area contributed by atoms with E-state index in [1.54, 1.807) is 12.1 Å². The minimum Gasteiger partial charge on any atom is -1.00 e. The Morgan fingerprint density at radius 2 is 1.04 bits per heavy atom. The molecule has 0 spiro atoms. The van der Waals surface area contributed by atoms with Crippen molar-refractivity contribution in [3.8, 4) is 11.5 Å². The summed E-state index contributed by atoms with van der Waals surface area (Å²) in [6, 6.07) is 18.6. The third-order valence-corrected chi connectivity index (χ3v) is 3.68. The van der Waals surface area contributed by atoms with Gasteiger partial charge in [-0.1, -0.05) is 36.4 Å². The van der Waals surface area contributed by atoms with E-state index in [4.69, 9.17) is 0 Å². The SMILES string of the molecule is Cc1ccc2cccc(O)c2n1.Cc1ccc2cccc(O)c2n1.[H-].[H-].[Mg+2]. The van der Waals surface area contributed by atoms with E-state index < -0.39 is 0 Å². The molecule has 0 radical (unpaired) electrons. The maximum Gasteiger partial charge on any atom is 2.00 e. The quantitative estimate of drug-likeness (QED) is 0.466. The number of nitrogens with zero attached hydrogens (tertiary/aromatic N) is 2. The van der Waals surface area contributed by atoms with Crippen LogP contribution < -0.4 is 0 Å². The summed E-state index contributed by atoms with van der Waals surface area (Å²) in [7, 11) is 0. The first-order valence-corrected chi connectivity index (χ1v) is 7.65. The summed E-state index contributed by atoms with van der Waals surface area (Å²) in [5.74, 6) is 0.493. The molecule has 4 aromatic rings. The molecule has 0 aliphatic heterocycles. The van der Waals surface area contributed by atoms with E-state index in [-0.39, 0.29) is 37.4 Å². The van der Waals surface area contributed by atoms with Crippen molar-refractivity contribution in [1.82, 2.24) is 9.97 Å². The smallest absolute Gasteiger partial charge is 1.00 e. The van der Waals surface area contributed by atoms with Crippen molar-refractivity contribution < 1.29 is 13.1 Å². The number of benzene rings is 2. The van der Waals surface area contributed by atoms with Gasteiger partial charge < -0.3 is 13.1 Å². The first-order chi connectivity index (χ1) is 11.5. The normalized spacial score (nSPS) is 10.0. The zero-order valence-electron chi connectivity index (χ0n) is 16.3. The molecular formula is C20H20MgN2O2. The summed E-state index contributed by atoms with van der Waals surface area (Å²) < 4.78 is 0. The fourth-order valence-corrected chi connectivity index (χ4v) is 2.46. The van der Waals surface area contributed by atoms with Crippen LogP contribution in [0.3, 0.4) is 0 Å². The maximum absolute atomic E-state index is 9.43. The second kappa shape index (κ2) is 8.14. The molecule has 0 bridgehead atoms. The Labute approximate surface area is 165 Å². The van der Waals surface area contributed by atoms with Crippen LogP contribution in [0.4, 0.5) is 0 Å². The summed E-state index contributed by atoms with van der Waals surface area (Å²) in [5, 5.41) is 20.8. The molecule has 2 heterocycles. The standard InChI is InChI=1S/2C10H9NO.Mg.2H/c2*1-7-5-6-8-3-2-4-9(12)10(8)11-7;;;/h2*2-6,12H,1H3;;;/q;;+2;2*-1. The fourth-order valence-electron chi connectivity index (χ4n) is 2.46. The molecule has 4 rings (SSSR count). The third kappa shape index (κ3) is 4.38. The van der Waals surface area contributed by atoms with Gasteiger partial charge in [-0.15, -0.1) is 0 Å². The van der Waals surface area contributed by atoms with E-state index in [9.17, 15) is 10.2 Å². The molecule has 0 amide bonds. The van der Waals surface area contributed by atoms with Crippen LogP contribution in [0, 0.1) is 13.8 Å². The number of para-hydroxylation sites is 2. The second-order valence-corrected chi connectivity index (χ2v) is 5.60. The van der Waals surface area contributed by atoms with Gasteiger partial charge in [0.2, 0.25) is 0 Å². The number of aromatic hydroxyl groups is 2. The molecular weight excluding hydrogens is 325 g/mol. The average Bonchev–Trinajstić information content (AvgIpc) is 2.57. The van der Waals surface area contributed by atoms with Gasteiger partial charge in [0.05, 0.1) is 0 Å². The van der Waals surface area contributed by atoms with Gasteiger partial charge in [0, 0.05) is 22.2 Å². The Morgan fingerprint density at radius 3 is 1.44 bits per heavy atom. The van der Waals surface area contributed by atoms with Crippen LogP contribution in [0.5, 0.6) is 11.5 Å². The van der Waals surface area contributed by atoms with Gasteiger partial charge in [0.25, 0.3) is 0 Å². The predicted octanol–water partition coefficient (Wildman–Crippen LogP) is 4.34. The molecule has 0 fully saturated rings. The predicted molar refractivity (Wildman–Crippen MR) is 104 cm³/mol. The number of fused-ring (bicyclic) bond motifs is 2. The molecule has 0 aliphatic carbocycles. The molecule has 5 heteroatoms. The number of hydrogen-bond donors (Lipinski definition) is 2. The molecule has 0 saturated heterocycles. The van der Waals surface area contributed by atoms with E-state index in [2.05, 4.69) is 9.97 Å². The largest absolute Gasteiger partial charge is 2.00 e. The number of rotatable bonds is 0. The van der Waals surface area contributed by atoms with Gasteiger partial charge in [0.15, 0.2) is 0 Å². The first kappa shape index (κ1) is 19.0. The van der Waals surface area contributed by atoms with Crippen LogP contribution in [0.15, 0.2) is 60.7 Å². The van der Waals surface area contributed by atoms with E-state index in [0.717, 1.165) is 22.2 Å². The average molecular weight is 345 g/mol. The molecule has 0 atom stereocenters. The molecule has 0 aliphatic rings. The molecule has 0 saturated carbocycles. The summed E-state index contributed by atoms with van der Waals surface area (Å²) in [5.41, 5.74) is 3.20. The molecule has 0 unspecified atom stereocenters. The number of aromatic nitrogens is 2. The van der Waals surface area contributed by atoms with E-state index >= 15 is 0 Å². The van der Waals surface area contributed by atoms with Crippen molar-refractivity contribution in [3.63, 3.8) is 0 Å². The van der Waals surface area contributed by atoms with Gasteiger partial charge in [-0.3, -0.25) is 0 Å². The van der Waals surface area contributed by atoms with E-state index in [1.807, 2.05) is 62.4 Å². The Morgan fingerprint density at radius 1 is 0.640 bits per heavy atom. The monoisotopic (exact) mass is 344 g/mol. The summed E-state index contributed by atoms with van der Waals surface area (Å²) in [6.45, 7) is 3.82. The van der Waals surface area contributed by atoms with Gasteiger partial charge in [-0.2, -0.15) is 0 Å². The van der Waals surface area contributed by atoms with Gasteiger partial charge in [-0.05, 0) is 38.1 Å². The van der Waals surface area contributed by atoms with Crippen molar-refractivity contribution in [1.29, 1.82) is 0 Å². The van der Waals surface area contributed by atoms with Crippen molar-refractivity contribution in [2.45, 2.75) is 13.8 Å². The zero-order valence-corrected chi connectivity index (χ0v) is 15.7. The Hall–Kier alpha value is -2.37. The van der Waals surface area contributed by atoms with Crippen molar-refractivity contribution in [2.75, 3.05) is 0 Å². The molecule has 4 nitrogen and oxygen atoms in total. The Kier molecular flexibility index (Phi) is 6.17. The Bertz CT molecular complexity index is 946. The fraction of sp³-hybridized carbons (Fsp3) is 0.100. The van der Waals surface area contributed by atoms with E-state index in [0.29, 0.717) is 11.0 Å². The minimum absolute atomic E-state index is 0. The summed E-state index contributed by atoms with van der Waals surface area (Å²) >= 11 is 0. The first-order valence-electron chi connectivity index (χ1n) is 7.65. The van der Waals surface area contributed by atoms with Gasteiger partial charge in [-0.25, -0.2) is 9.97 Å². The van der Waals surface area contributed by atoms with E-state index in [1.165, 1.54) is 0 Å². The number of pyridine rings is 2. The van der Waals surface area contributed by atoms with Crippen LogP contribution in [-0.2, 0) is 0 Å². The molecule has 2 aromatic carbocycles. The van der Waals surface area contributed by atoms with Crippen molar-refractivity contribution in [3.05, 3.63) is 72.1 Å². The Balaban J connectivity index is 0.000000451. The van der Waals surface area contributed by atoms with Crippen LogP contribution in [0.2, 0.25) is 0 Å². The number of aryl methyl sites for hydroxylation is 2. The van der Waals surface area contributed by atoms with Crippen LogP contribution in [-0.4, -0.2) is 43.2 Å². The van der Waals surface area contributed by atoms with Crippen LogP contribution in [0.25, 0.3) is 21.8 Å². The third-order valence-electron chi connectivity index (χ3n) is 3.68.